The second-order valence-corrected chi connectivity index (χ2v) is 5.34. The quantitative estimate of drug-likeness (QED) is 0.450. The van der Waals surface area contributed by atoms with Crippen LogP contribution in [0.15, 0.2) is 42.6 Å². The summed E-state index contributed by atoms with van der Waals surface area (Å²) in [6.45, 7) is 2.00. The van der Waals surface area contributed by atoms with Crippen molar-refractivity contribution >= 4 is 42.2 Å². The van der Waals surface area contributed by atoms with E-state index in [-0.39, 0.29) is 0 Å². The van der Waals surface area contributed by atoms with Crippen molar-refractivity contribution in [2.75, 3.05) is 0 Å². The van der Waals surface area contributed by atoms with Gasteiger partial charge in [0.15, 0.2) is 0 Å². The molecular weight excluding hydrogens is 314 g/mol. The van der Waals surface area contributed by atoms with Crippen molar-refractivity contribution in [1.82, 2.24) is 9.97 Å². The SMILES string of the molecule is Cc1ccc2ccc3cccnc3c2n1.[Cl][Ni][Cl]. The molecule has 0 radical (unpaired) electrons. The molecule has 0 unspecified atom stereocenters. The number of fused-ring (bicyclic) bond motifs is 3. The van der Waals surface area contributed by atoms with Gasteiger partial charge in [-0.15, -0.1) is 0 Å². The summed E-state index contributed by atoms with van der Waals surface area (Å²) in [7, 11) is 9.40. The van der Waals surface area contributed by atoms with Gasteiger partial charge in [0.2, 0.25) is 0 Å². The number of aryl methyl sites for hydroxylation is 1. The van der Waals surface area contributed by atoms with E-state index in [0.717, 1.165) is 27.5 Å². The van der Waals surface area contributed by atoms with E-state index in [9.17, 15) is 0 Å². The Labute approximate surface area is 120 Å². The van der Waals surface area contributed by atoms with Crippen LogP contribution in [0.4, 0.5) is 0 Å². The van der Waals surface area contributed by atoms with Gasteiger partial charge in [0.1, 0.15) is 0 Å². The Morgan fingerprint density at radius 2 is 1.56 bits per heavy atom. The second-order valence-electron chi connectivity index (χ2n) is 3.71. The van der Waals surface area contributed by atoms with Crippen molar-refractivity contribution < 1.29 is 12.7 Å². The van der Waals surface area contributed by atoms with Crippen molar-refractivity contribution in [3.63, 3.8) is 0 Å². The first kappa shape index (κ1) is 13.5. The molecule has 2 aromatic heterocycles. The van der Waals surface area contributed by atoms with E-state index in [2.05, 4.69) is 34.2 Å². The molecule has 0 atom stereocenters. The number of pyridine rings is 2. The summed E-state index contributed by atoms with van der Waals surface area (Å²) in [6, 6.07) is 12.3. The van der Waals surface area contributed by atoms with Gasteiger partial charge in [-0.05, 0) is 19.1 Å². The average Bonchev–Trinajstić information content (AvgIpc) is 2.39. The Hall–Kier alpha value is -0.886. The maximum atomic E-state index is 4.70. The third-order valence-corrected chi connectivity index (χ3v) is 2.57. The van der Waals surface area contributed by atoms with Crippen molar-refractivity contribution in [3.8, 4) is 0 Å². The molecule has 2 heterocycles. The minimum atomic E-state index is 0.569. The normalized spacial score (nSPS) is 10.4. The molecule has 0 fully saturated rings. The molecule has 3 aromatic rings. The van der Waals surface area contributed by atoms with Crippen LogP contribution < -0.4 is 0 Å². The van der Waals surface area contributed by atoms with Gasteiger partial charge in [-0.2, -0.15) is 0 Å². The number of halogens is 2. The molecule has 1 aromatic carbocycles. The summed E-state index contributed by atoms with van der Waals surface area (Å²) in [6.07, 6.45) is 1.81. The van der Waals surface area contributed by atoms with E-state index in [1.807, 2.05) is 25.3 Å². The number of rotatable bonds is 0. The van der Waals surface area contributed by atoms with E-state index < -0.39 is 0 Å². The molecule has 5 heteroatoms. The van der Waals surface area contributed by atoms with Crippen molar-refractivity contribution in [1.29, 1.82) is 0 Å². The van der Waals surface area contributed by atoms with E-state index in [1.54, 1.807) is 0 Å². The first-order valence-corrected chi connectivity index (χ1v) is 7.91. The average molecular weight is 324 g/mol. The Morgan fingerprint density at radius 1 is 0.944 bits per heavy atom. The topological polar surface area (TPSA) is 25.8 Å². The van der Waals surface area contributed by atoms with Crippen molar-refractivity contribution in [2.45, 2.75) is 6.92 Å². The number of hydrogen-bond donors (Lipinski definition) is 0. The summed E-state index contributed by atoms with van der Waals surface area (Å²) in [4.78, 5) is 8.93. The van der Waals surface area contributed by atoms with Gasteiger partial charge in [-0.3, -0.25) is 9.97 Å². The Bertz CT molecular complexity index is 673. The molecule has 0 spiro atoms. The minimum absolute atomic E-state index is 0.569. The summed E-state index contributed by atoms with van der Waals surface area (Å²) in [5.41, 5.74) is 3.01. The fourth-order valence-corrected chi connectivity index (χ4v) is 1.82. The third kappa shape index (κ3) is 2.92. The van der Waals surface area contributed by atoms with E-state index in [0.29, 0.717) is 12.7 Å². The molecule has 3 rings (SSSR count). The molecule has 96 valence electrons. The van der Waals surface area contributed by atoms with Crippen LogP contribution in [0.1, 0.15) is 5.69 Å². The molecule has 0 aliphatic carbocycles. The maximum absolute atomic E-state index is 4.70. The zero-order chi connectivity index (χ0) is 13.0. The van der Waals surface area contributed by atoms with Crippen molar-refractivity contribution in [3.05, 3.63) is 48.3 Å². The second kappa shape index (κ2) is 6.33. The molecule has 2 nitrogen and oxygen atoms in total. The van der Waals surface area contributed by atoms with E-state index in [4.69, 9.17) is 20.4 Å². The van der Waals surface area contributed by atoms with Gasteiger partial charge in [0.05, 0.1) is 11.0 Å². The van der Waals surface area contributed by atoms with Gasteiger partial charge in [0, 0.05) is 22.7 Å². The van der Waals surface area contributed by atoms with Gasteiger partial charge >= 0.3 is 33.0 Å². The predicted octanol–water partition coefficient (Wildman–Crippen LogP) is 4.47. The van der Waals surface area contributed by atoms with Crippen LogP contribution >= 0.6 is 20.4 Å². The van der Waals surface area contributed by atoms with Crippen molar-refractivity contribution in [2.24, 2.45) is 0 Å². The molecule has 0 N–H and O–H groups in total. The monoisotopic (exact) mass is 322 g/mol. The number of nitrogens with zero attached hydrogens (tertiary/aromatic N) is 2. The third-order valence-electron chi connectivity index (χ3n) is 2.57. The van der Waals surface area contributed by atoms with Gasteiger partial charge in [-0.1, -0.05) is 24.3 Å². The molecule has 0 amide bonds. The molecular formula is C13H10Cl2N2Ni. The summed E-state index contributed by atoms with van der Waals surface area (Å²) in [5.74, 6) is 0. The number of hydrogen-bond acceptors (Lipinski definition) is 2. The first-order chi connectivity index (χ1) is 8.76. The molecule has 0 bridgehead atoms. The molecule has 18 heavy (non-hydrogen) atoms. The molecule has 0 aliphatic heterocycles. The molecule has 0 aliphatic rings. The Kier molecular flexibility index (Phi) is 4.76. The fourth-order valence-electron chi connectivity index (χ4n) is 1.82. The van der Waals surface area contributed by atoms with E-state index >= 15 is 0 Å². The van der Waals surface area contributed by atoms with Gasteiger partial charge in [-0.25, -0.2) is 0 Å². The van der Waals surface area contributed by atoms with Crippen LogP contribution in [-0.2, 0) is 12.7 Å². The van der Waals surface area contributed by atoms with Crippen LogP contribution in [-0.4, -0.2) is 9.97 Å². The Balaban J connectivity index is 0.000000367. The summed E-state index contributed by atoms with van der Waals surface area (Å²) < 4.78 is 0. The number of benzene rings is 1. The molecule has 0 saturated carbocycles. The standard InChI is InChI=1S/C13H10N2.2ClH.Ni/c1-9-4-5-11-7-6-10-3-2-8-14-12(10)13(11)15-9;;;/h2-8H,1H3;2*1H;/q;;;+2/p-2. The predicted molar refractivity (Wildman–Crippen MR) is 73.5 cm³/mol. The van der Waals surface area contributed by atoms with Crippen LogP contribution in [0.2, 0.25) is 0 Å². The zero-order valence-corrected chi connectivity index (χ0v) is 12.0. The van der Waals surface area contributed by atoms with E-state index in [1.165, 1.54) is 0 Å². The zero-order valence-electron chi connectivity index (χ0n) is 9.51. The molecule has 0 saturated heterocycles. The van der Waals surface area contributed by atoms with Crippen LogP contribution in [0, 0.1) is 6.92 Å². The van der Waals surface area contributed by atoms with Crippen LogP contribution in [0.3, 0.4) is 0 Å². The van der Waals surface area contributed by atoms with Crippen LogP contribution in [0.5, 0.6) is 0 Å². The van der Waals surface area contributed by atoms with Gasteiger partial charge in [0.25, 0.3) is 0 Å². The number of aromatic nitrogens is 2. The Morgan fingerprint density at radius 3 is 2.28 bits per heavy atom. The van der Waals surface area contributed by atoms with Gasteiger partial charge < -0.3 is 0 Å². The first-order valence-electron chi connectivity index (χ1n) is 5.19. The summed E-state index contributed by atoms with van der Waals surface area (Å²) >= 11 is 0.569. The summed E-state index contributed by atoms with van der Waals surface area (Å²) in [5, 5.41) is 2.29. The van der Waals surface area contributed by atoms with Crippen LogP contribution in [0.25, 0.3) is 21.8 Å². The fraction of sp³-hybridized carbons (Fsp3) is 0.0769.